The lowest BCUT2D eigenvalue weighted by Crippen LogP contribution is -2.43. The van der Waals surface area contributed by atoms with Crippen LogP contribution in [0.25, 0.3) is 0 Å². The van der Waals surface area contributed by atoms with Gasteiger partial charge in [0.05, 0.1) is 11.3 Å². The summed E-state index contributed by atoms with van der Waals surface area (Å²) in [7, 11) is 0. The Hall–Kier alpha value is -2.04. The van der Waals surface area contributed by atoms with Crippen LogP contribution >= 0.6 is 0 Å². The van der Waals surface area contributed by atoms with E-state index in [1.54, 1.807) is 25.1 Å². The molecule has 0 radical (unpaired) electrons. The van der Waals surface area contributed by atoms with Gasteiger partial charge in [0, 0.05) is 12.6 Å². The van der Waals surface area contributed by atoms with Gasteiger partial charge in [-0.1, -0.05) is 26.8 Å². The smallest absolute Gasteiger partial charge is 0.265 e. The lowest BCUT2D eigenvalue weighted by Gasteiger charge is -2.34. The van der Waals surface area contributed by atoms with Gasteiger partial charge in [-0.25, -0.2) is 0 Å². The van der Waals surface area contributed by atoms with E-state index in [1.807, 2.05) is 4.90 Å². The summed E-state index contributed by atoms with van der Waals surface area (Å²) in [5.41, 5.74) is 1.13. The van der Waals surface area contributed by atoms with Gasteiger partial charge < -0.3 is 15.0 Å². The Labute approximate surface area is 149 Å². The number of likely N-dealkylation sites (tertiary alicyclic amines) is 1. The van der Waals surface area contributed by atoms with Gasteiger partial charge in [0.25, 0.3) is 11.8 Å². The quantitative estimate of drug-likeness (QED) is 0.890. The van der Waals surface area contributed by atoms with Crippen LogP contribution in [0.5, 0.6) is 5.75 Å². The number of carbonyl (C=O) groups is 2. The number of hydrogen-bond donors (Lipinski definition) is 1. The van der Waals surface area contributed by atoms with Crippen LogP contribution in [0.2, 0.25) is 0 Å². The van der Waals surface area contributed by atoms with Gasteiger partial charge in [0.1, 0.15) is 0 Å². The predicted molar refractivity (Wildman–Crippen MR) is 97.8 cm³/mol. The number of nitrogens with zero attached hydrogens (tertiary/aromatic N) is 1. The Kier molecular flexibility index (Phi) is 5.02. The Morgan fingerprint density at radius 3 is 2.72 bits per heavy atom. The second-order valence-corrected chi connectivity index (χ2v) is 7.71. The van der Waals surface area contributed by atoms with Crippen molar-refractivity contribution in [2.24, 2.45) is 11.8 Å². The van der Waals surface area contributed by atoms with E-state index in [0.29, 0.717) is 28.8 Å². The Balaban J connectivity index is 1.94. The van der Waals surface area contributed by atoms with Crippen LogP contribution in [-0.2, 0) is 4.79 Å². The molecule has 0 aliphatic carbocycles. The molecule has 3 atom stereocenters. The minimum absolute atomic E-state index is 0.00741. The van der Waals surface area contributed by atoms with Gasteiger partial charge >= 0.3 is 0 Å². The monoisotopic (exact) mass is 344 g/mol. The van der Waals surface area contributed by atoms with Gasteiger partial charge in [0.15, 0.2) is 11.9 Å². The van der Waals surface area contributed by atoms with E-state index < -0.39 is 6.10 Å². The number of carbonyl (C=O) groups excluding carboxylic acids is 2. The molecule has 1 saturated heterocycles. The van der Waals surface area contributed by atoms with Crippen molar-refractivity contribution >= 4 is 17.5 Å². The highest BCUT2D eigenvalue weighted by Crippen LogP contribution is 2.36. The lowest BCUT2D eigenvalue weighted by atomic mass is 9.95. The van der Waals surface area contributed by atoms with Gasteiger partial charge in [-0.3, -0.25) is 9.59 Å². The van der Waals surface area contributed by atoms with Gasteiger partial charge in [0.2, 0.25) is 0 Å². The molecule has 2 aliphatic rings. The largest absolute Gasteiger partial charge is 0.478 e. The minimum atomic E-state index is -0.591. The maximum Gasteiger partial charge on any atom is 0.265 e. The van der Waals surface area contributed by atoms with Crippen molar-refractivity contribution < 1.29 is 14.3 Å². The number of para-hydroxylation sites is 1. The topological polar surface area (TPSA) is 58.6 Å². The molecule has 3 rings (SSSR count). The first-order valence-corrected chi connectivity index (χ1v) is 9.30. The Morgan fingerprint density at radius 2 is 2.00 bits per heavy atom. The van der Waals surface area contributed by atoms with Gasteiger partial charge in [-0.15, -0.1) is 0 Å². The fourth-order valence-electron chi connectivity index (χ4n) is 3.78. The van der Waals surface area contributed by atoms with Gasteiger partial charge in [-0.05, 0) is 50.2 Å². The molecule has 0 saturated carbocycles. The first-order valence-electron chi connectivity index (χ1n) is 9.30. The third kappa shape index (κ3) is 3.51. The molecular formula is C20H28N2O3. The summed E-state index contributed by atoms with van der Waals surface area (Å²) in [6.45, 7) is 9.09. The molecule has 0 spiro atoms. The molecule has 1 aromatic rings. The summed E-state index contributed by atoms with van der Waals surface area (Å²) in [4.78, 5) is 27.2. The number of ether oxygens (including phenoxy) is 1. The van der Waals surface area contributed by atoms with Crippen molar-refractivity contribution in [3.05, 3.63) is 23.8 Å². The van der Waals surface area contributed by atoms with Crippen LogP contribution < -0.4 is 10.1 Å². The van der Waals surface area contributed by atoms with Crippen LogP contribution in [0, 0.1) is 11.8 Å². The highest BCUT2D eigenvalue weighted by Gasteiger charge is 2.34. The molecule has 1 fully saturated rings. The molecule has 1 N–H and O–H groups in total. The normalized spacial score (nSPS) is 26.5. The average Bonchev–Trinajstić information content (AvgIpc) is 2.76. The molecule has 2 heterocycles. The second kappa shape index (κ2) is 7.06. The molecule has 5 nitrogen and oxygen atoms in total. The van der Waals surface area contributed by atoms with Crippen LogP contribution in [0.3, 0.4) is 0 Å². The molecule has 2 amide bonds. The first-order chi connectivity index (χ1) is 11.9. The third-order valence-electron chi connectivity index (χ3n) is 5.42. The molecule has 136 valence electrons. The van der Waals surface area contributed by atoms with Crippen molar-refractivity contribution in [1.29, 1.82) is 0 Å². The number of anilines is 1. The number of fused-ring (bicyclic) bond motifs is 1. The maximum atomic E-state index is 13.4. The van der Waals surface area contributed by atoms with E-state index in [2.05, 4.69) is 26.1 Å². The van der Waals surface area contributed by atoms with E-state index in [0.717, 1.165) is 25.8 Å². The molecule has 1 aromatic carbocycles. The summed E-state index contributed by atoms with van der Waals surface area (Å²) in [6.07, 6.45) is 2.63. The van der Waals surface area contributed by atoms with E-state index in [-0.39, 0.29) is 17.9 Å². The highest BCUT2D eigenvalue weighted by molar-refractivity contribution is 6.04. The number of nitrogens with one attached hydrogen (secondary N) is 1. The van der Waals surface area contributed by atoms with Crippen molar-refractivity contribution in [3.8, 4) is 5.75 Å². The number of hydrogen-bond acceptors (Lipinski definition) is 3. The lowest BCUT2D eigenvalue weighted by molar-refractivity contribution is -0.122. The average molecular weight is 344 g/mol. The second-order valence-electron chi connectivity index (χ2n) is 7.71. The van der Waals surface area contributed by atoms with Crippen molar-refractivity contribution in [2.75, 3.05) is 11.9 Å². The van der Waals surface area contributed by atoms with Crippen LogP contribution in [-0.4, -0.2) is 35.4 Å². The summed E-state index contributed by atoms with van der Waals surface area (Å²) in [5.74, 6) is 1.38. The van der Waals surface area contributed by atoms with Crippen LogP contribution in [0.1, 0.15) is 57.3 Å². The summed E-state index contributed by atoms with van der Waals surface area (Å²) in [5, 5.41) is 2.83. The SMILES string of the molecule is CC1CCC(C(C)C)N(C(=O)c2cccc3c2OC(C)C(=O)N3)CC1. The Bertz CT molecular complexity index is 671. The third-order valence-corrected chi connectivity index (χ3v) is 5.42. The highest BCUT2D eigenvalue weighted by atomic mass is 16.5. The zero-order chi connectivity index (χ0) is 18.1. The minimum Gasteiger partial charge on any atom is -0.478 e. The predicted octanol–water partition coefficient (Wildman–Crippen LogP) is 3.69. The zero-order valence-electron chi connectivity index (χ0n) is 15.5. The number of amides is 2. The van der Waals surface area contributed by atoms with E-state index in [9.17, 15) is 9.59 Å². The molecule has 3 unspecified atom stereocenters. The van der Waals surface area contributed by atoms with Crippen molar-refractivity contribution in [2.45, 2.75) is 59.1 Å². The molecule has 0 bridgehead atoms. The fraction of sp³-hybridized carbons (Fsp3) is 0.600. The Morgan fingerprint density at radius 1 is 1.24 bits per heavy atom. The van der Waals surface area contributed by atoms with E-state index in [4.69, 9.17) is 4.74 Å². The van der Waals surface area contributed by atoms with Crippen molar-refractivity contribution in [1.82, 2.24) is 4.90 Å². The summed E-state index contributed by atoms with van der Waals surface area (Å²) in [6, 6.07) is 5.62. The van der Waals surface area contributed by atoms with E-state index >= 15 is 0 Å². The molecule has 2 aliphatic heterocycles. The number of benzene rings is 1. The van der Waals surface area contributed by atoms with E-state index in [1.165, 1.54) is 0 Å². The standard InChI is InChI=1S/C20H28N2O3/c1-12(2)17-9-8-13(3)10-11-22(17)20(24)15-6-5-7-16-18(15)25-14(4)19(23)21-16/h5-7,12-14,17H,8-11H2,1-4H3,(H,21,23). The summed E-state index contributed by atoms with van der Waals surface area (Å²) >= 11 is 0. The van der Waals surface area contributed by atoms with Crippen LogP contribution in [0.4, 0.5) is 5.69 Å². The zero-order valence-corrected chi connectivity index (χ0v) is 15.5. The van der Waals surface area contributed by atoms with Gasteiger partial charge in [-0.2, -0.15) is 0 Å². The van der Waals surface area contributed by atoms with Crippen LogP contribution in [0.15, 0.2) is 18.2 Å². The molecular weight excluding hydrogens is 316 g/mol. The fourth-order valence-corrected chi connectivity index (χ4v) is 3.78. The van der Waals surface area contributed by atoms with Crippen molar-refractivity contribution in [3.63, 3.8) is 0 Å². The first kappa shape index (κ1) is 17.8. The number of rotatable bonds is 2. The molecule has 25 heavy (non-hydrogen) atoms. The molecule has 0 aromatic heterocycles. The summed E-state index contributed by atoms with van der Waals surface area (Å²) < 4.78 is 5.78. The molecule has 5 heteroatoms. The maximum absolute atomic E-state index is 13.4.